The van der Waals surface area contributed by atoms with E-state index >= 15 is 0 Å². The fourth-order valence-corrected chi connectivity index (χ4v) is 2.66. The van der Waals surface area contributed by atoms with Gasteiger partial charge in [-0.05, 0) is 18.9 Å². The summed E-state index contributed by atoms with van der Waals surface area (Å²) in [6.45, 7) is 0. The highest BCUT2D eigenvalue weighted by molar-refractivity contribution is 6.11. The summed E-state index contributed by atoms with van der Waals surface area (Å²) < 4.78 is 20.6. The first-order chi connectivity index (χ1) is 10.1. The topological polar surface area (TPSA) is 71.1 Å². The SMILES string of the molecule is COC(=O)C1CCc2c(cc(OC)c(OC)c2OC)C1=O. The zero-order valence-corrected chi connectivity index (χ0v) is 12.5. The molecule has 0 saturated carbocycles. The van der Waals surface area contributed by atoms with E-state index in [9.17, 15) is 9.59 Å². The van der Waals surface area contributed by atoms with Gasteiger partial charge in [-0.25, -0.2) is 0 Å². The Hall–Kier alpha value is -2.24. The number of ketones is 1. The van der Waals surface area contributed by atoms with Gasteiger partial charge in [0.05, 0.1) is 28.4 Å². The van der Waals surface area contributed by atoms with Crippen LogP contribution in [0, 0.1) is 5.92 Å². The highest BCUT2D eigenvalue weighted by Gasteiger charge is 2.37. The van der Waals surface area contributed by atoms with Crippen molar-refractivity contribution in [1.82, 2.24) is 0 Å². The number of hydrogen-bond donors (Lipinski definition) is 0. The second-order valence-electron chi connectivity index (χ2n) is 4.65. The Kier molecular flexibility index (Phi) is 4.35. The third-order valence-corrected chi connectivity index (χ3v) is 3.68. The number of carbonyl (C=O) groups excluding carboxylic acids is 2. The lowest BCUT2D eigenvalue weighted by atomic mass is 9.82. The van der Waals surface area contributed by atoms with E-state index in [0.717, 1.165) is 5.56 Å². The van der Waals surface area contributed by atoms with Gasteiger partial charge in [-0.1, -0.05) is 0 Å². The lowest BCUT2D eigenvalue weighted by molar-refractivity contribution is -0.143. The molecule has 0 fully saturated rings. The number of benzene rings is 1. The smallest absolute Gasteiger partial charge is 0.316 e. The maximum atomic E-state index is 12.5. The molecule has 1 aliphatic carbocycles. The number of rotatable bonds is 4. The van der Waals surface area contributed by atoms with E-state index in [1.165, 1.54) is 28.4 Å². The molecule has 1 aromatic carbocycles. The molecule has 1 aromatic rings. The van der Waals surface area contributed by atoms with Gasteiger partial charge in [0.25, 0.3) is 0 Å². The Morgan fingerprint density at radius 1 is 1.10 bits per heavy atom. The summed E-state index contributed by atoms with van der Waals surface area (Å²) in [5.74, 6) is -0.245. The molecule has 114 valence electrons. The molecule has 1 atom stereocenters. The first kappa shape index (κ1) is 15.2. The van der Waals surface area contributed by atoms with Crippen LogP contribution in [-0.2, 0) is 16.0 Å². The van der Waals surface area contributed by atoms with Gasteiger partial charge in [0, 0.05) is 11.1 Å². The Morgan fingerprint density at radius 2 is 1.76 bits per heavy atom. The minimum atomic E-state index is -0.773. The standard InChI is InChI=1S/C15H18O6/c1-18-11-7-10-8(13(19-2)14(11)20-3)5-6-9(12(10)16)15(17)21-4/h7,9H,5-6H2,1-4H3. The van der Waals surface area contributed by atoms with Crippen LogP contribution in [0.15, 0.2) is 6.07 Å². The minimum absolute atomic E-state index is 0.276. The van der Waals surface area contributed by atoms with Gasteiger partial charge in [-0.2, -0.15) is 0 Å². The van der Waals surface area contributed by atoms with Gasteiger partial charge in [-0.15, -0.1) is 0 Å². The second kappa shape index (κ2) is 6.03. The van der Waals surface area contributed by atoms with E-state index in [2.05, 4.69) is 4.74 Å². The Labute approximate surface area is 122 Å². The van der Waals surface area contributed by atoms with Crippen molar-refractivity contribution in [3.8, 4) is 17.2 Å². The summed E-state index contributed by atoms with van der Waals surface area (Å²) in [4.78, 5) is 24.2. The Balaban J connectivity index is 2.58. The van der Waals surface area contributed by atoms with Crippen molar-refractivity contribution in [3.63, 3.8) is 0 Å². The molecule has 6 heteroatoms. The minimum Gasteiger partial charge on any atom is -0.493 e. The third kappa shape index (κ3) is 2.41. The van der Waals surface area contributed by atoms with Gasteiger partial charge in [0.2, 0.25) is 5.75 Å². The van der Waals surface area contributed by atoms with Crippen molar-refractivity contribution in [2.75, 3.05) is 28.4 Å². The lowest BCUT2D eigenvalue weighted by Crippen LogP contribution is -2.30. The molecular weight excluding hydrogens is 276 g/mol. The Bertz CT molecular complexity index is 578. The molecule has 0 bridgehead atoms. The van der Waals surface area contributed by atoms with E-state index in [0.29, 0.717) is 35.7 Å². The van der Waals surface area contributed by atoms with Crippen molar-refractivity contribution in [2.45, 2.75) is 12.8 Å². The largest absolute Gasteiger partial charge is 0.493 e. The van der Waals surface area contributed by atoms with E-state index in [-0.39, 0.29) is 5.78 Å². The molecule has 2 rings (SSSR count). The average molecular weight is 294 g/mol. The number of Topliss-reactive ketones (excluding diaryl/α,β-unsaturated/α-hetero) is 1. The van der Waals surface area contributed by atoms with Crippen LogP contribution in [-0.4, -0.2) is 40.2 Å². The molecule has 0 amide bonds. The summed E-state index contributed by atoms with van der Waals surface area (Å²) in [6, 6.07) is 1.59. The lowest BCUT2D eigenvalue weighted by Gasteiger charge is -2.25. The van der Waals surface area contributed by atoms with Crippen LogP contribution in [0.4, 0.5) is 0 Å². The van der Waals surface area contributed by atoms with E-state index < -0.39 is 11.9 Å². The van der Waals surface area contributed by atoms with Crippen molar-refractivity contribution >= 4 is 11.8 Å². The van der Waals surface area contributed by atoms with Gasteiger partial charge in [0.1, 0.15) is 5.92 Å². The summed E-state index contributed by atoms with van der Waals surface area (Å²) in [5, 5.41) is 0. The number of hydrogen-bond acceptors (Lipinski definition) is 6. The van der Waals surface area contributed by atoms with Gasteiger partial charge in [0.15, 0.2) is 17.3 Å². The molecule has 0 heterocycles. The van der Waals surface area contributed by atoms with E-state index in [1.807, 2.05) is 0 Å². The van der Waals surface area contributed by atoms with E-state index in [1.54, 1.807) is 6.07 Å². The molecule has 0 aliphatic heterocycles. The maximum absolute atomic E-state index is 12.5. The van der Waals surface area contributed by atoms with Crippen molar-refractivity contribution in [3.05, 3.63) is 17.2 Å². The summed E-state index contributed by atoms with van der Waals surface area (Å²) >= 11 is 0. The normalized spacial score (nSPS) is 17.0. The zero-order valence-electron chi connectivity index (χ0n) is 12.5. The fourth-order valence-electron chi connectivity index (χ4n) is 2.66. The predicted molar refractivity (Wildman–Crippen MR) is 74.3 cm³/mol. The molecule has 1 unspecified atom stereocenters. The molecule has 0 N–H and O–H groups in total. The highest BCUT2D eigenvalue weighted by atomic mass is 16.5. The Morgan fingerprint density at radius 3 is 2.29 bits per heavy atom. The molecule has 0 aromatic heterocycles. The summed E-state index contributed by atoms with van der Waals surface area (Å²) in [7, 11) is 5.78. The number of fused-ring (bicyclic) bond motifs is 1. The molecule has 0 radical (unpaired) electrons. The molecule has 0 saturated heterocycles. The van der Waals surface area contributed by atoms with Crippen LogP contribution < -0.4 is 14.2 Å². The zero-order chi connectivity index (χ0) is 15.6. The summed E-state index contributed by atoms with van der Waals surface area (Å²) in [6.07, 6.45) is 0.925. The second-order valence-corrected chi connectivity index (χ2v) is 4.65. The average Bonchev–Trinajstić information content (AvgIpc) is 2.52. The highest BCUT2D eigenvalue weighted by Crippen LogP contribution is 2.45. The van der Waals surface area contributed by atoms with Crippen LogP contribution in [0.25, 0.3) is 0 Å². The van der Waals surface area contributed by atoms with Gasteiger partial charge >= 0.3 is 5.97 Å². The number of methoxy groups -OCH3 is 4. The number of ether oxygens (including phenoxy) is 4. The van der Waals surface area contributed by atoms with Crippen LogP contribution in [0.3, 0.4) is 0 Å². The summed E-state index contributed by atoms with van der Waals surface area (Å²) in [5.41, 5.74) is 1.16. The number of esters is 1. The number of carbonyl (C=O) groups is 2. The van der Waals surface area contributed by atoms with Gasteiger partial charge < -0.3 is 18.9 Å². The van der Waals surface area contributed by atoms with Crippen molar-refractivity contribution in [2.24, 2.45) is 5.92 Å². The van der Waals surface area contributed by atoms with Crippen LogP contribution in [0.5, 0.6) is 17.2 Å². The predicted octanol–water partition coefficient (Wildman–Crippen LogP) is 1.63. The van der Waals surface area contributed by atoms with Crippen LogP contribution >= 0.6 is 0 Å². The molecule has 6 nitrogen and oxygen atoms in total. The monoisotopic (exact) mass is 294 g/mol. The first-order valence-corrected chi connectivity index (χ1v) is 6.52. The first-order valence-electron chi connectivity index (χ1n) is 6.52. The fraction of sp³-hybridized carbons (Fsp3) is 0.467. The molecule has 1 aliphatic rings. The van der Waals surface area contributed by atoms with Crippen LogP contribution in [0.1, 0.15) is 22.3 Å². The maximum Gasteiger partial charge on any atom is 0.316 e. The molecular formula is C15H18O6. The third-order valence-electron chi connectivity index (χ3n) is 3.68. The quantitative estimate of drug-likeness (QED) is 0.621. The van der Waals surface area contributed by atoms with Gasteiger partial charge in [-0.3, -0.25) is 9.59 Å². The van der Waals surface area contributed by atoms with Crippen molar-refractivity contribution < 1.29 is 28.5 Å². The molecule has 21 heavy (non-hydrogen) atoms. The molecule has 0 spiro atoms. The van der Waals surface area contributed by atoms with Crippen LogP contribution in [0.2, 0.25) is 0 Å². The van der Waals surface area contributed by atoms with Crippen molar-refractivity contribution in [1.29, 1.82) is 0 Å². The van der Waals surface area contributed by atoms with E-state index in [4.69, 9.17) is 14.2 Å².